The molecule has 0 radical (unpaired) electrons. The fourth-order valence-electron chi connectivity index (χ4n) is 3.08. The zero-order valence-corrected chi connectivity index (χ0v) is 15.6. The monoisotopic (exact) mass is 422 g/mol. The molecule has 31 heavy (non-hydrogen) atoms. The zero-order valence-electron chi connectivity index (χ0n) is 15.6. The summed E-state index contributed by atoms with van der Waals surface area (Å²) in [4.78, 5) is 40.2. The van der Waals surface area contributed by atoms with Crippen molar-refractivity contribution >= 4 is 23.0 Å². The van der Waals surface area contributed by atoms with Crippen LogP contribution in [-0.4, -0.2) is 26.7 Å². The molecule has 0 atom stereocenters. The lowest BCUT2D eigenvalue weighted by Gasteiger charge is -2.13. The SMILES string of the molecule is O=C(Oc1ccc(-c2cc(=O)c3cc(F)c(F)cc3n2C(=O)O)cc1)c1cccnc1. The summed E-state index contributed by atoms with van der Waals surface area (Å²) in [7, 11) is 0. The predicted molar refractivity (Wildman–Crippen MR) is 106 cm³/mol. The minimum Gasteiger partial charge on any atom is -0.464 e. The average Bonchev–Trinajstić information content (AvgIpc) is 2.76. The maximum absolute atomic E-state index is 13.7. The van der Waals surface area contributed by atoms with E-state index < -0.39 is 29.1 Å². The number of benzene rings is 2. The maximum atomic E-state index is 13.7. The van der Waals surface area contributed by atoms with E-state index in [1.54, 1.807) is 6.07 Å². The van der Waals surface area contributed by atoms with Gasteiger partial charge >= 0.3 is 12.1 Å². The molecule has 0 aliphatic rings. The first-order valence-corrected chi connectivity index (χ1v) is 8.86. The van der Waals surface area contributed by atoms with Gasteiger partial charge in [-0.2, -0.15) is 0 Å². The summed E-state index contributed by atoms with van der Waals surface area (Å²) in [5.74, 6) is -2.99. The number of hydrogen-bond acceptors (Lipinski definition) is 5. The summed E-state index contributed by atoms with van der Waals surface area (Å²) in [5, 5.41) is 9.37. The van der Waals surface area contributed by atoms with E-state index in [1.165, 1.54) is 42.7 Å². The van der Waals surface area contributed by atoms with E-state index in [1.807, 2.05) is 0 Å². The summed E-state index contributed by atoms with van der Waals surface area (Å²) in [6.07, 6.45) is 1.37. The number of fused-ring (bicyclic) bond motifs is 1. The zero-order chi connectivity index (χ0) is 22.1. The molecule has 0 saturated carbocycles. The van der Waals surface area contributed by atoms with Crippen molar-refractivity contribution in [1.82, 2.24) is 9.55 Å². The third kappa shape index (κ3) is 3.76. The Morgan fingerprint density at radius 3 is 2.35 bits per heavy atom. The van der Waals surface area contributed by atoms with Gasteiger partial charge in [-0.15, -0.1) is 0 Å². The minimum absolute atomic E-state index is 0.0545. The number of carbonyl (C=O) groups excluding carboxylic acids is 1. The van der Waals surface area contributed by atoms with Crippen LogP contribution in [0.15, 0.2) is 71.8 Å². The molecule has 0 bridgehead atoms. The summed E-state index contributed by atoms with van der Waals surface area (Å²) >= 11 is 0. The van der Waals surface area contributed by atoms with Crippen LogP contribution in [-0.2, 0) is 0 Å². The van der Waals surface area contributed by atoms with Crippen LogP contribution in [0.5, 0.6) is 5.75 Å². The number of pyridine rings is 2. The highest BCUT2D eigenvalue weighted by Gasteiger charge is 2.18. The van der Waals surface area contributed by atoms with Crippen LogP contribution in [0.1, 0.15) is 10.4 Å². The number of ether oxygens (including phenoxy) is 1. The van der Waals surface area contributed by atoms with Crippen LogP contribution in [0.4, 0.5) is 13.6 Å². The summed E-state index contributed by atoms with van der Waals surface area (Å²) in [6, 6.07) is 11.2. The summed E-state index contributed by atoms with van der Waals surface area (Å²) < 4.78 is 33.2. The molecule has 154 valence electrons. The summed E-state index contributed by atoms with van der Waals surface area (Å²) in [5.41, 5.74) is -0.488. The molecule has 9 heteroatoms. The highest BCUT2D eigenvalue weighted by atomic mass is 19.2. The molecule has 2 aromatic carbocycles. The molecular weight excluding hydrogens is 410 g/mol. The number of carboxylic acid groups (broad SMARTS) is 1. The second-order valence-electron chi connectivity index (χ2n) is 6.45. The normalized spacial score (nSPS) is 10.8. The Morgan fingerprint density at radius 1 is 1.00 bits per heavy atom. The van der Waals surface area contributed by atoms with Crippen molar-refractivity contribution in [3.05, 3.63) is 94.4 Å². The highest BCUT2D eigenvalue weighted by molar-refractivity contribution is 5.92. The molecule has 0 saturated heterocycles. The Balaban J connectivity index is 1.76. The average molecular weight is 422 g/mol. The minimum atomic E-state index is -1.49. The smallest absolute Gasteiger partial charge is 0.416 e. The van der Waals surface area contributed by atoms with Crippen molar-refractivity contribution in [2.75, 3.05) is 0 Å². The quantitative estimate of drug-likeness (QED) is 0.395. The van der Waals surface area contributed by atoms with E-state index in [0.717, 1.165) is 6.07 Å². The van der Waals surface area contributed by atoms with Crippen molar-refractivity contribution < 1.29 is 28.2 Å². The number of halogens is 2. The molecule has 4 aromatic rings. The van der Waals surface area contributed by atoms with Gasteiger partial charge < -0.3 is 9.84 Å². The first-order chi connectivity index (χ1) is 14.8. The highest BCUT2D eigenvalue weighted by Crippen LogP contribution is 2.26. The molecule has 0 amide bonds. The fraction of sp³-hybridized carbons (Fsp3) is 0. The van der Waals surface area contributed by atoms with Gasteiger partial charge in [-0.3, -0.25) is 9.78 Å². The van der Waals surface area contributed by atoms with Crippen LogP contribution >= 0.6 is 0 Å². The third-order valence-electron chi connectivity index (χ3n) is 4.50. The van der Waals surface area contributed by atoms with E-state index in [9.17, 15) is 28.3 Å². The Morgan fingerprint density at radius 2 is 1.71 bits per heavy atom. The second-order valence-corrected chi connectivity index (χ2v) is 6.45. The van der Waals surface area contributed by atoms with Gasteiger partial charge in [-0.05, 0) is 48.0 Å². The van der Waals surface area contributed by atoms with Crippen molar-refractivity contribution in [3.63, 3.8) is 0 Å². The van der Waals surface area contributed by atoms with E-state index in [-0.39, 0.29) is 33.5 Å². The van der Waals surface area contributed by atoms with Crippen LogP contribution in [0, 0.1) is 11.6 Å². The predicted octanol–water partition coefficient (Wildman–Crippen LogP) is 4.09. The van der Waals surface area contributed by atoms with Crippen molar-refractivity contribution in [1.29, 1.82) is 0 Å². The molecule has 0 unspecified atom stereocenters. The first kappa shape index (κ1) is 19.9. The lowest BCUT2D eigenvalue weighted by atomic mass is 10.1. The topological polar surface area (TPSA) is 98.5 Å². The molecule has 2 heterocycles. The Labute approximate surface area is 172 Å². The molecule has 4 rings (SSSR count). The van der Waals surface area contributed by atoms with Crippen molar-refractivity contribution in [2.24, 2.45) is 0 Å². The van der Waals surface area contributed by atoms with Gasteiger partial charge in [0.15, 0.2) is 17.1 Å². The number of hydrogen-bond donors (Lipinski definition) is 1. The fourth-order valence-corrected chi connectivity index (χ4v) is 3.08. The van der Waals surface area contributed by atoms with Crippen LogP contribution in [0.25, 0.3) is 22.2 Å². The molecule has 0 fully saturated rings. The van der Waals surface area contributed by atoms with Gasteiger partial charge in [0.05, 0.1) is 16.8 Å². The standard InChI is InChI=1S/C22H12F2N2O5/c23-16-8-15-19(9-17(16)24)26(22(29)30)18(10-20(15)27)12-3-5-14(6-4-12)31-21(28)13-2-1-7-25-11-13/h1-11H,(H,29,30). The van der Waals surface area contributed by atoms with Crippen molar-refractivity contribution in [3.8, 4) is 17.0 Å². The van der Waals surface area contributed by atoms with E-state index in [2.05, 4.69) is 4.98 Å². The Hall–Kier alpha value is -4.40. The van der Waals surface area contributed by atoms with Crippen molar-refractivity contribution in [2.45, 2.75) is 0 Å². The van der Waals surface area contributed by atoms with Gasteiger partial charge in [0, 0.05) is 29.9 Å². The van der Waals surface area contributed by atoms with E-state index in [4.69, 9.17) is 4.74 Å². The molecule has 7 nitrogen and oxygen atoms in total. The number of nitrogens with zero attached hydrogens (tertiary/aromatic N) is 2. The van der Waals surface area contributed by atoms with Gasteiger partial charge in [-0.25, -0.2) is 22.9 Å². The van der Waals surface area contributed by atoms with Gasteiger partial charge in [-0.1, -0.05) is 0 Å². The van der Waals surface area contributed by atoms with Gasteiger partial charge in [0.25, 0.3) is 0 Å². The van der Waals surface area contributed by atoms with E-state index in [0.29, 0.717) is 16.7 Å². The number of esters is 1. The number of carbonyl (C=O) groups is 2. The largest absolute Gasteiger partial charge is 0.464 e. The summed E-state index contributed by atoms with van der Waals surface area (Å²) in [6.45, 7) is 0. The van der Waals surface area contributed by atoms with Gasteiger partial charge in [0.2, 0.25) is 0 Å². The Bertz CT molecular complexity index is 1380. The molecule has 0 spiro atoms. The first-order valence-electron chi connectivity index (χ1n) is 8.86. The van der Waals surface area contributed by atoms with Crippen LogP contribution in [0.2, 0.25) is 0 Å². The molecule has 2 aromatic heterocycles. The second kappa shape index (κ2) is 7.79. The molecule has 0 aliphatic heterocycles. The maximum Gasteiger partial charge on any atom is 0.416 e. The molecular formula is C22H12F2N2O5. The third-order valence-corrected chi connectivity index (χ3v) is 4.50. The van der Waals surface area contributed by atoms with Crippen LogP contribution in [0.3, 0.4) is 0 Å². The number of rotatable bonds is 3. The van der Waals surface area contributed by atoms with E-state index >= 15 is 0 Å². The van der Waals surface area contributed by atoms with Crippen LogP contribution < -0.4 is 10.2 Å². The number of aromatic nitrogens is 2. The van der Waals surface area contributed by atoms with Gasteiger partial charge in [0.1, 0.15) is 5.75 Å². The molecule has 1 N–H and O–H groups in total. The Kier molecular flexibility index (Phi) is 5.00. The molecule has 0 aliphatic carbocycles. The lowest BCUT2D eigenvalue weighted by Crippen LogP contribution is -2.18. The lowest BCUT2D eigenvalue weighted by molar-refractivity contribution is 0.0734.